The quantitative estimate of drug-likeness (QED) is 0.841. The van der Waals surface area contributed by atoms with Gasteiger partial charge >= 0.3 is 0 Å². The average Bonchev–Trinajstić information content (AvgIpc) is 2.34. The third kappa shape index (κ3) is 6.41. The van der Waals surface area contributed by atoms with Crippen LogP contribution in [0.25, 0.3) is 0 Å². The first-order valence-electron chi connectivity index (χ1n) is 6.59. The highest BCUT2D eigenvalue weighted by molar-refractivity contribution is 9.10. The second kappa shape index (κ2) is 7.27. The molecule has 0 aromatic heterocycles. The standard InChI is InChI=1S/C15H24BrNO2/c1-11(9-18)10-19-13-5-6-14(16)12(7-13)8-17-15(2,3)4/h5-7,11,17-18H,8-10H2,1-4H3. The van der Waals surface area contributed by atoms with Crippen LogP contribution in [-0.4, -0.2) is 23.9 Å². The molecule has 108 valence electrons. The lowest BCUT2D eigenvalue weighted by Gasteiger charge is -2.21. The lowest BCUT2D eigenvalue weighted by atomic mass is 10.1. The van der Waals surface area contributed by atoms with Crippen molar-refractivity contribution in [3.63, 3.8) is 0 Å². The molecule has 0 radical (unpaired) electrons. The SMILES string of the molecule is CC(CO)COc1ccc(Br)c(CNC(C)(C)C)c1. The Bertz CT molecular complexity index is 402. The second-order valence-electron chi connectivity index (χ2n) is 5.96. The number of benzene rings is 1. The molecular weight excluding hydrogens is 306 g/mol. The van der Waals surface area contributed by atoms with E-state index >= 15 is 0 Å². The minimum absolute atomic E-state index is 0.0850. The van der Waals surface area contributed by atoms with Gasteiger partial charge < -0.3 is 15.2 Å². The highest BCUT2D eigenvalue weighted by Gasteiger charge is 2.11. The van der Waals surface area contributed by atoms with Crippen LogP contribution in [0.5, 0.6) is 5.75 Å². The summed E-state index contributed by atoms with van der Waals surface area (Å²) in [7, 11) is 0. The summed E-state index contributed by atoms with van der Waals surface area (Å²) >= 11 is 3.56. The number of halogens is 1. The van der Waals surface area contributed by atoms with Crippen molar-refractivity contribution >= 4 is 15.9 Å². The van der Waals surface area contributed by atoms with Crippen molar-refractivity contribution in [2.24, 2.45) is 5.92 Å². The molecule has 0 saturated carbocycles. The van der Waals surface area contributed by atoms with Crippen LogP contribution in [0, 0.1) is 5.92 Å². The minimum Gasteiger partial charge on any atom is -0.493 e. The van der Waals surface area contributed by atoms with E-state index in [-0.39, 0.29) is 18.1 Å². The first-order chi connectivity index (χ1) is 8.81. The first-order valence-corrected chi connectivity index (χ1v) is 7.38. The van der Waals surface area contributed by atoms with Crippen molar-refractivity contribution in [2.45, 2.75) is 39.8 Å². The molecule has 1 unspecified atom stereocenters. The highest BCUT2D eigenvalue weighted by Crippen LogP contribution is 2.23. The van der Waals surface area contributed by atoms with Crippen molar-refractivity contribution in [3.05, 3.63) is 28.2 Å². The maximum Gasteiger partial charge on any atom is 0.119 e. The number of aliphatic hydroxyl groups excluding tert-OH is 1. The zero-order valence-electron chi connectivity index (χ0n) is 12.2. The molecule has 0 spiro atoms. The highest BCUT2D eigenvalue weighted by atomic mass is 79.9. The van der Waals surface area contributed by atoms with Crippen molar-refractivity contribution < 1.29 is 9.84 Å². The van der Waals surface area contributed by atoms with Gasteiger partial charge in [0.2, 0.25) is 0 Å². The van der Waals surface area contributed by atoms with Gasteiger partial charge in [-0.25, -0.2) is 0 Å². The van der Waals surface area contributed by atoms with Crippen LogP contribution in [0.1, 0.15) is 33.3 Å². The van der Waals surface area contributed by atoms with Crippen LogP contribution in [-0.2, 0) is 6.54 Å². The Morgan fingerprint density at radius 2 is 2.05 bits per heavy atom. The van der Waals surface area contributed by atoms with Gasteiger partial charge in [0.1, 0.15) is 5.75 Å². The Morgan fingerprint density at radius 3 is 2.63 bits per heavy atom. The van der Waals surface area contributed by atoms with Crippen molar-refractivity contribution in [2.75, 3.05) is 13.2 Å². The summed E-state index contributed by atoms with van der Waals surface area (Å²) in [5, 5.41) is 12.4. The van der Waals surface area contributed by atoms with E-state index in [0.29, 0.717) is 6.61 Å². The Morgan fingerprint density at radius 1 is 1.37 bits per heavy atom. The predicted octanol–water partition coefficient (Wildman–Crippen LogP) is 3.34. The molecule has 0 saturated heterocycles. The summed E-state index contributed by atoms with van der Waals surface area (Å²) in [4.78, 5) is 0. The Labute approximate surface area is 124 Å². The molecule has 0 fully saturated rings. The van der Waals surface area contributed by atoms with Crippen LogP contribution < -0.4 is 10.1 Å². The van der Waals surface area contributed by atoms with Crippen LogP contribution >= 0.6 is 15.9 Å². The van der Waals surface area contributed by atoms with Gasteiger partial charge in [-0.3, -0.25) is 0 Å². The summed E-state index contributed by atoms with van der Waals surface area (Å²) in [6.07, 6.45) is 0. The average molecular weight is 330 g/mol. The summed E-state index contributed by atoms with van der Waals surface area (Å²) in [6.45, 7) is 9.86. The van der Waals surface area contributed by atoms with E-state index in [2.05, 4.69) is 42.0 Å². The van der Waals surface area contributed by atoms with Gasteiger partial charge in [-0.2, -0.15) is 0 Å². The normalized spacial score (nSPS) is 13.4. The maximum absolute atomic E-state index is 8.99. The third-order valence-electron chi connectivity index (χ3n) is 2.67. The van der Waals surface area contributed by atoms with E-state index in [1.165, 1.54) is 5.56 Å². The number of hydrogen-bond acceptors (Lipinski definition) is 3. The number of aliphatic hydroxyl groups is 1. The molecule has 0 bridgehead atoms. The number of hydrogen-bond donors (Lipinski definition) is 2. The van der Waals surface area contributed by atoms with E-state index in [9.17, 15) is 0 Å². The fourth-order valence-electron chi connectivity index (χ4n) is 1.43. The van der Waals surface area contributed by atoms with Crippen LogP contribution in [0.3, 0.4) is 0 Å². The molecule has 0 aliphatic carbocycles. The number of rotatable bonds is 6. The van der Waals surface area contributed by atoms with E-state index in [0.717, 1.165) is 16.8 Å². The zero-order valence-corrected chi connectivity index (χ0v) is 13.8. The van der Waals surface area contributed by atoms with Gasteiger partial charge in [-0.1, -0.05) is 22.9 Å². The summed E-state index contributed by atoms with van der Waals surface area (Å²) in [5.74, 6) is 0.994. The second-order valence-corrected chi connectivity index (χ2v) is 6.81. The largest absolute Gasteiger partial charge is 0.493 e. The van der Waals surface area contributed by atoms with Crippen LogP contribution in [0.2, 0.25) is 0 Å². The molecule has 4 heteroatoms. The van der Waals surface area contributed by atoms with Gasteiger partial charge in [-0.05, 0) is 44.5 Å². The molecule has 1 aromatic carbocycles. The van der Waals surface area contributed by atoms with Gasteiger partial charge in [-0.15, -0.1) is 0 Å². The molecule has 0 amide bonds. The lowest BCUT2D eigenvalue weighted by molar-refractivity contribution is 0.174. The van der Waals surface area contributed by atoms with Crippen LogP contribution in [0.4, 0.5) is 0 Å². The molecule has 19 heavy (non-hydrogen) atoms. The lowest BCUT2D eigenvalue weighted by Crippen LogP contribution is -2.35. The van der Waals surface area contributed by atoms with E-state index < -0.39 is 0 Å². The van der Waals surface area contributed by atoms with Crippen LogP contribution in [0.15, 0.2) is 22.7 Å². The molecule has 1 aromatic rings. The third-order valence-corrected chi connectivity index (χ3v) is 3.45. The molecule has 2 N–H and O–H groups in total. The first kappa shape index (κ1) is 16.5. The summed E-state index contributed by atoms with van der Waals surface area (Å²) < 4.78 is 6.75. The molecule has 1 atom stereocenters. The molecule has 0 aliphatic heterocycles. The zero-order chi connectivity index (χ0) is 14.5. The molecule has 3 nitrogen and oxygen atoms in total. The topological polar surface area (TPSA) is 41.5 Å². The van der Waals surface area contributed by atoms with Crippen molar-refractivity contribution in [1.29, 1.82) is 0 Å². The molecule has 1 rings (SSSR count). The van der Waals surface area contributed by atoms with E-state index in [4.69, 9.17) is 9.84 Å². The van der Waals surface area contributed by atoms with Gasteiger partial charge in [0.05, 0.1) is 6.61 Å². The predicted molar refractivity (Wildman–Crippen MR) is 82.5 cm³/mol. The minimum atomic E-state index is 0.0850. The fraction of sp³-hybridized carbons (Fsp3) is 0.600. The Hall–Kier alpha value is -0.580. The summed E-state index contributed by atoms with van der Waals surface area (Å²) in [5.41, 5.74) is 1.26. The molecular formula is C15H24BrNO2. The van der Waals surface area contributed by atoms with Crippen molar-refractivity contribution in [1.82, 2.24) is 5.32 Å². The number of nitrogens with one attached hydrogen (secondary N) is 1. The van der Waals surface area contributed by atoms with E-state index in [1.807, 2.05) is 25.1 Å². The Balaban J connectivity index is 2.66. The Kier molecular flexibility index (Phi) is 6.30. The fourth-order valence-corrected chi connectivity index (χ4v) is 1.81. The summed E-state index contributed by atoms with van der Waals surface area (Å²) in [6, 6.07) is 5.97. The maximum atomic E-state index is 8.99. The van der Waals surface area contributed by atoms with E-state index in [1.54, 1.807) is 0 Å². The van der Waals surface area contributed by atoms with Crippen molar-refractivity contribution in [3.8, 4) is 5.75 Å². The molecule has 0 aliphatic rings. The van der Waals surface area contributed by atoms with Gasteiger partial charge in [0.15, 0.2) is 0 Å². The smallest absolute Gasteiger partial charge is 0.119 e. The van der Waals surface area contributed by atoms with Gasteiger partial charge in [0.25, 0.3) is 0 Å². The molecule has 0 heterocycles. The number of ether oxygens (including phenoxy) is 1. The monoisotopic (exact) mass is 329 g/mol. The van der Waals surface area contributed by atoms with Gasteiger partial charge in [0, 0.05) is 29.1 Å².